The zero-order chi connectivity index (χ0) is 15.9. The molecule has 5 nitrogen and oxygen atoms in total. The minimum atomic E-state index is 0.166. The van der Waals surface area contributed by atoms with Gasteiger partial charge in [0.15, 0.2) is 5.82 Å². The number of ether oxygens (including phenoxy) is 2. The van der Waals surface area contributed by atoms with Crippen LogP contribution in [0.5, 0.6) is 11.5 Å². The van der Waals surface area contributed by atoms with Crippen molar-refractivity contribution in [2.24, 2.45) is 0 Å². The first-order chi connectivity index (χ1) is 10.6. The van der Waals surface area contributed by atoms with Crippen LogP contribution in [0, 0.1) is 0 Å². The molecule has 0 radical (unpaired) electrons. The van der Waals surface area contributed by atoms with E-state index < -0.39 is 0 Å². The molecule has 2 aromatic rings. The molecule has 0 aliphatic carbocycles. The highest BCUT2D eigenvalue weighted by Crippen LogP contribution is 2.27. The highest BCUT2D eigenvalue weighted by atomic mass is 32.2. The van der Waals surface area contributed by atoms with Crippen molar-refractivity contribution in [3.8, 4) is 11.5 Å². The summed E-state index contributed by atoms with van der Waals surface area (Å²) in [6, 6.07) is 7.58. The Kier molecular flexibility index (Phi) is 6.12. The Morgan fingerprint density at radius 1 is 1.14 bits per heavy atom. The van der Waals surface area contributed by atoms with Crippen molar-refractivity contribution in [3.63, 3.8) is 0 Å². The van der Waals surface area contributed by atoms with Gasteiger partial charge in [-0.3, -0.25) is 0 Å². The fourth-order valence-corrected chi connectivity index (χ4v) is 2.55. The van der Waals surface area contributed by atoms with Gasteiger partial charge in [-0.05, 0) is 31.2 Å². The fraction of sp³-hybridized carbons (Fsp3) is 0.500. The van der Waals surface area contributed by atoms with Gasteiger partial charge < -0.3 is 14.0 Å². The Morgan fingerprint density at radius 3 is 2.41 bits per heavy atom. The van der Waals surface area contributed by atoms with E-state index in [4.69, 9.17) is 14.0 Å². The van der Waals surface area contributed by atoms with Gasteiger partial charge in [-0.2, -0.15) is 4.98 Å². The van der Waals surface area contributed by atoms with Crippen LogP contribution in [0.2, 0.25) is 0 Å². The minimum absolute atomic E-state index is 0.166. The van der Waals surface area contributed by atoms with Crippen molar-refractivity contribution in [1.82, 2.24) is 10.1 Å². The quantitative estimate of drug-likeness (QED) is 0.683. The van der Waals surface area contributed by atoms with Crippen molar-refractivity contribution >= 4 is 11.8 Å². The molecule has 1 heterocycles. The first-order valence-electron chi connectivity index (χ1n) is 7.32. The van der Waals surface area contributed by atoms with Gasteiger partial charge in [-0.15, -0.1) is 11.8 Å². The topological polar surface area (TPSA) is 57.4 Å². The zero-order valence-corrected chi connectivity index (χ0v) is 14.2. The lowest BCUT2D eigenvalue weighted by Gasteiger charge is -2.09. The lowest BCUT2D eigenvalue weighted by molar-refractivity contribution is 0.342. The van der Waals surface area contributed by atoms with E-state index in [9.17, 15) is 0 Å². The van der Waals surface area contributed by atoms with E-state index in [2.05, 4.69) is 30.9 Å². The number of hydrogen-bond acceptors (Lipinski definition) is 6. The van der Waals surface area contributed by atoms with Gasteiger partial charge in [-0.25, -0.2) is 0 Å². The van der Waals surface area contributed by atoms with Crippen molar-refractivity contribution in [3.05, 3.63) is 36.0 Å². The number of hydrogen-bond donors (Lipinski definition) is 0. The van der Waals surface area contributed by atoms with E-state index in [1.807, 2.05) is 24.3 Å². The molecule has 6 heteroatoms. The average molecular weight is 322 g/mol. The van der Waals surface area contributed by atoms with Crippen LogP contribution in [-0.2, 0) is 0 Å². The second kappa shape index (κ2) is 8.08. The number of thioether (sulfide) groups is 1. The third-order valence-electron chi connectivity index (χ3n) is 3.10. The summed E-state index contributed by atoms with van der Waals surface area (Å²) in [6.45, 7) is 6.80. The molecule has 120 valence electrons. The minimum Gasteiger partial charge on any atom is -0.497 e. The van der Waals surface area contributed by atoms with Crippen LogP contribution in [-0.4, -0.2) is 29.6 Å². The molecular formula is C16H22N2O3S. The number of methoxy groups -OCH3 is 1. The van der Waals surface area contributed by atoms with Gasteiger partial charge in [-0.1, -0.05) is 19.0 Å². The maximum atomic E-state index is 5.69. The molecule has 0 saturated heterocycles. The van der Waals surface area contributed by atoms with Gasteiger partial charge >= 0.3 is 0 Å². The second-order valence-electron chi connectivity index (χ2n) is 5.18. The van der Waals surface area contributed by atoms with Crippen molar-refractivity contribution in [1.29, 1.82) is 0 Å². The standard InChI is InChI=1S/C16H22N2O3S/c1-11(2)15-17-16(21-18-15)12(3)22-10-9-20-14-7-5-13(19-4)6-8-14/h5-8,11-12H,9-10H2,1-4H3. The summed E-state index contributed by atoms with van der Waals surface area (Å²) in [5, 5.41) is 4.15. The average Bonchev–Trinajstić information content (AvgIpc) is 3.02. The molecule has 22 heavy (non-hydrogen) atoms. The van der Waals surface area contributed by atoms with E-state index in [0.29, 0.717) is 12.5 Å². The largest absolute Gasteiger partial charge is 0.497 e. The van der Waals surface area contributed by atoms with Crippen molar-refractivity contribution < 1.29 is 14.0 Å². The van der Waals surface area contributed by atoms with Crippen LogP contribution in [0.3, 0.4) is 0 Å². The Bertz CT molecular complexity index is 569. The summed E-state index contributed by atoms with van der Waals surface area (Å²) in [7, 11) is 1.65. The summed E-state index contributed by atoms with van der Waals surface area (Å²) in [4.78, 5) is 4.41. The number of nitrogens with zero attached hydrogens (tertiary/aromatic N) is 2. The van der Waals surface area contributed by atoms with E-state index in [1.165, 1.54) is 0 Å². The third-order valence-corrected chi connectivity index (χ3v) is 4.20. The third kappa shape index (κ3) is 4.66. The number of rotatable bonds is 8. The Balaban J connectivity index is 1.73. The lowest BCUT2D eigenvalue weighted by atomic mass is 10.2. The summed E-state index contributed by atoms with van der Waals surface area (Å²) >= 11 is 1.74. The van der Waals surface area contributed by atoms with Crippen LogP contribution in [0.25, 0.3) is 0 Å². The van der Waals surface area contributed by atoms with Crippen LogP contribution < -0.4 is 9.47 Å². The number of aromatic nitrogens is 2. The molecule has 1 aromatic heterocycles. The summed E-state index contributed by atoms with van der Waals surface area (Å²) in [5.74, 6) is 4.25. The van der Waals surface area contributed by atoms with Crippen molar-refractivity contribution in [2.45, 2.75) is 31.9 Å². The van der Waals surface area contributed by atoms with E-state index in [0.717, 1.165) is 23.1 Å². The Morgan fingerprint density at radius 2 is 1.82 bits per heavy atom. The fourth-order valence-electron chi connectivity index (χ4n) is 1.77. The molecule has 0 saturated carbocycles. The van der Waals surface area contributed by atoms with Gasteiger partial charge in [0.25, 0.3) is 0 Å². The van der Waals surface area contributed by atoms with E-state index >= 15 is 0 Å². The molecule has 1 aromatic carbocycles. The first kappa shape index (κ1) is 16.7. The molecule has 1 atom stereocenters. The second-order valence-corrected chi connectivity index (χ2v) is 6.63. The van der Waals surface area contributed by atoms with E-state index in [1.54, 1.807) is 18.9 Å². The monoisotopic (exact) mass is 322 g/mol. The molecular weight excluding hydrogens is 300 g/mol. The Hall–Kier alpha value is -1.69. The molecule has 0 amide bonds. The summed E-state index contributed by atoms with van der Waals surface area (Å²) in [6.07, 6.45) is 0. The zero-order valence-electron chi connectivity index (χ0n) is 13.4. The van der Waals surface area contributed by atoms with Crippen LogP contribution in [0.1, 0.15) is 43.7 Å². The van der Waals surface area contributed by atoms with Gasteiger partial charge in [0.1, 0.15) is 11.5 Å². The van der Waals surface area contributed by atoms with Crippen molar-refractivity contribution in [2.75, 3.05) is 19.5 Å². The summed E-state index contributed by atoms with van der Waals surface area (Å²) in [5.41, 5.74) is 0. The van der Waals surface area contributed by atoms with Gasteiger partial charge in [0, 0.05) is 11.7 Å². The SMILES string of the molecule is COc1ccc(OCCSC(C)c2nc(C(C)C)no2)cc1. The van der Waals surface area contributed by atoms with Gasteiger partial charge in [0.05, 0.1) is 19.0 Å². The molecule has 0 N–H and O–H groups in total. The normalized spacial score (nSPS) is 12.4. The molecule has 0 aliphatic heterocycles. The van der Waals surface area contributed by atoms with E-state index in [-0.39, 0.29) is 11.2 Å². The highest BCUT2D eigenvalue weighted by Gasteiger charge is 2.16. The van der Waals surface area contributed by atoms with Crippen LogP contribution >= 0.6 is 11.8 Å². The smallest absolute Gasteiger partial charge is 0.239 e. The predicted octanol–water partition coefficient (Wildman–Crippen LogP) is 4.07. The van der Waals surface area contributed by atoms with Crippen LogP contribution in [0.15, 0.2) is 28.8 Å². The highest BCUT2D eigenvalue weighted by molar-refractivity contribution is 7.99. The van der Waals surface area contributed by atoms with Gasteiger partial charge in [0.2, 0.25) is 5.89 Å². The molecule has 0 bridgehead atoms. The molecule has 0 aliphatic rings. The maximum Gasteiger partial charge on any atom is 0.239 e. The van der Waals surface area contributed by atoms with Crippen LogP contribution in [0.4, 0.5) is 0 Å². The first-order valence-corrected chi connectivity index (χ1v) is 8.37. The summed E-state index contributed by atoms with van der Waals surface area (Å²) < 4.78 is 16.1. The Labute approximate surface area is 135 Å². The molecule has 0 spiro atoms. The number of benzene rings is 1. The predicted molar refractivity (Wildman–Crippen MR) is 87.7 cm³/mol. The molecule has 0 fully saturated rings. The molecule has 1 unspecified atom stereocenters. The maximum absolute atomic E-state index is 5.69. The molecule has 2 rings (SSSR count). The lowest BCUT2D eigenvalue weighted by Crippen LogP contribution is -2.02.